The molecule has 0 saturated heterocycles. The molecule has 2 heterocycles. The highest BCUT2D eigenvalue weighted by Crippen LogP contribution is 2.23. The highest BCUT2D eigenvalue weighted by Gasteiger charge is 2.16. The Kier molecular flexibility index (Phi) is 4.23. The highest BCUT2D eigenvalue weighted by atomic mass is 32.2. The maximum absolute atomic E-state index is 12.0. The summed E-state index contributed by atoms with van der Waals surface area (Å²) in [6.07, 6.45) is 7.40. The average Bonchev–Trinajstić information content (AvgIpc) is 2.94. The van der Waals surface area contributed by atoms with Gasteiger partial charge in [0, 0.05) is 6.04 Å². The molecule has 3 rings (SSSR count). The van der Waals surface area contributed by atoms with Crippen LogP contribution in [-0.2, 0) is 4.79 Å². The number of anilines is 1. The molecule has 1 aliphatic rings. The van der Waals surface area contributed by atoms with Crippen molar-refractivity contribution < 1.29 is 4.79 Å². The number of hydrogen-bond acceptors (Lipinski definition) is 6. The largest absolute Gasteiger partial charge is 0.368 e. The third kappa shape index (κ3) is 3.44. The van der Waals surface area contributed by atoms with Crippen molar-refractivity contribution >= 4 is 34.8 Å². The van der Waals surface area contributed by atoms with Crippen LogP contribution in [0.5, 0.6) is 0 Å². The molecule has 0 aromatic carbocycles. The molecule has 7 nitrogen and oxygen atoms in total. The number of nitrogen functional groups attached to an aromatic ring is 1. The number of rotatable bonds is 4. The minimum absolute atomic E-state index is 0.0387. The second-order valence-electron chi connectivity index (χ2n) is 5.18. The Hall–Kier alpha value is -1.83. The minimum atomic E-state index is 0.0387. The second-order valence-corrected chi connectivity index (χ2v) is 6.14. The molecule has 2 aromatic heterocycles. The number of hydrogen-bond donors (Lipinski definition) is 3. The Bertz CT molecular complexity index is 637. The Morgan fingerprint density at radius 3 is 3.00 bits per heavy atom. The Morgan fingerprint density at radius 1 is 1.38 bits per heavy atom. The van der Waals surface area contributed by atoms with Crippen molar-refractivity contribution in [2.45, 2.75) is 43.2 Å². The molecule has 4 N–H and O–H groups in total. The first-order chi connectivity index (χ1) is 10.2. The third-order valence-corrected chi connectivity index (χ3v) is 4.56. The fourth-order valence-corrected chi connectivity index (χ4v) is 3.38. The SMILES string of the molecule is Nc1nc(SCC(=O)NC2CCCCC2)c2[nH]cnc2n1. The van der Waals surface area contributed by atoms with Gasteiger partial charge in [0.1, 0.15) is 10.5 Å². The lowest BCUT2D eigenvalue weighted by atomic mass is 9.95. The first kappa shape index (κ1) is 14.1. The fraction of sp³-hybridized carbons (Fsp3) is 0.538. The Balaban J connectivity index is 1.60. The zero-order valence-corrected chi connectivity index (χ0v) is 12.4. The lowest BCUT2D eigenvalue weighted by Crippen LogP contribution is -2.37. The summed E-state index contributed by atoms with van der Waals surface area (Å²) in [7, 11) is 0. The van der Waals surface area contributed by atoms with Gasteiger partial charge in [0.15, 0.2) is 5.65 Å². The Labute approximate surface area is 126 Å². The van der Waals surface area contributed by atoms with Crippen LogP contribution in [0.1, 0.15) is 32.1 Å². The number of aromatic nitrogens is 4. The summed E-state index contributed by atoms with van der Waals surface area (Å²) < 4.78 is 0. The van der Waals surface area contributed by atoms with E-state index >= 15 is 0 Å². The van der Waals surface area contributed by atoms with Crippen molar-refractivity contribution in [2.24, 2.45) is 0 Å². The zero-order chi connectivity index (χ0) is 14.7. The van der Waals surface area contributed by atoms with E-state index in [-0.39, 0.29) is 11.9 Å². The van der Waals surface area contributed by atoms with Crippen LogP contribution in [0.25, 0.3) is 11.2 Å². The molecule has 0 spiro atoms. The van der Waals surface area contributed by atoms with Crippen molar-refractivity contribution in [2.75, 3.05) is 11.5 Å². The number of nitrogens with two attached hydrogens (primary N) is 1. The number of imidazole rings is 1. The number of nitrogens with zero attached hydrogens (tertiary/aromatic N) is 3. The number of nitrogens with one attached hydrogen (secondary N) is 2. The van der Waals surface area contributed by atoms with Gasteiger partial charge in [0.2, 0.25) is 11.9 Å². The third-order valence-electron chi connectivity index (χ3n) is 3.58. The van der Waals surface area contributed by atoms with Gasteiger partial charge in [0.05, 0.1) is 12.1 Å². The van der Waals surface area contributed by atoms with Crippen LogP contribution < -0.4 is 11.1 Å². The normalized spacial score (nSPS) is 16.2. The summed E-state index contributed by atoms with van der Waals surface area (Å²) in [6, 6.07) is 0.328. The van der Waals surface area contributed by atoms with Gasteiger partial charge >= 0.3 is 0 Å². The van der Waals surface area contributed by atoms with E-state index in [2.05, 4.69) is 25.3 Å². The maximum Gasteiger partial charge on any atom is 0.230 e. The Morgan fingerprint density at radius 2 is 2.19 bits per heavy atom. The number of carbonyl (C=O) groups excluding carboxylic acids is 1. The number of fused-ring (bicyclic) bond motifs is 1. The number of carbonyl (C=O) groups is 1. The van der Waals surface area contributed by atoms with E-state index in [0.29, 0.717) is 22.5 Å². The number of H-pyrrole nitrogens is 1. The van der Waals surface area contributed by atoms with E-state index in [1.165, 1.54) is 31.0 Å². The van der Waals surface area contributed by atoms with Gasteiger partial charge in [-0.2, -0.15) is 4.98 Å². The first-order valence-electron chi connectivity index (χ1n) is 7.11. The molecule has 8 heteroatoms. The average molecular weight is 306 g/mol. The molecule has 0 unspecified atom stereocenters. The minimum Gasteiger partial charge on any atom is -0.368 e. The molecule has 21 heavy (non-hydrogen) atoms. The van der Waals surface area contributed by atoms with E-state index in [4.69, 9.17) is 5.73 Å². The molecule has 112 valence electrons. The lowest BCUT2D eigenvalue weighted by Gasteiger charge is -2.22. The summed E-state index contributed by atoms with van der Waals surface area (Å²) in [4.78, 5) is 27.2. The van der Waals surface area contributed by atoms with Crippen molar-refractivity contribution in [3.05, 3.63) is 6.33 Å². The van der Waals surface area contributed by atoms with Gasteiger partial charge in [0.25, 0.3) is 0 Å². The monoisotopic (exact) mass is 306 g/mol. The summed E-state index contributed by atoms with van der Waals surface area (Å²) in [5, 5.41) is 3.75. The van der Waals surface area contributed by atoms with Gasteiger partial charge in [-0.3, -0.25) is 4.79 Å². The van der Waals surface area contributed by atoms with E-state index in [0.717, 1.165) is 18.4 Å². The molecule has 1 amide bonds. The quantitative estimate of drug-likeness (QED) is 0.583. The van der Waals surface area contributed by atoms with Crippen LogP contribution in [0, 0.1) is 0 Å². The van der Waals surface area contributed by atoms with E-state index < -0.39 is 0 Å². The van der Waals surface area contributed by atoms with E-state index in [1.54, 1.807) is 6.33 Å². The number of aromatic amines is 1. The summed E-state index contributed by atoms with van der Waals surface area (Å²) >= 11 is 1.35. The topological polar surface area (TPSA) is 110 Å². The van der Waals surface area contributed by atoms with Gasteiger partial charge in [-0.1, -0.05) is 31.0 Å². The molecule has 0 radical (unpaired) electrons. The van der Waals surface area contributed by atoms with Crippen molar-refractivity contribution in [1.82, 2.24) is 25.3 Å². The maximum atomic E-state index is 12.0. The smallest absolute Gasteiger partial charge is 0.230 e. The molecule has 0 bridgehead atoms. The van der Waals surface area contributed by atoms with Crippen LogP contribution in [0.4, 0.5) is 5.95 Å². The molecule has 1 fully saturated rings. The molecule has 1 saturated carbocycles. The lowest BCUT2D eigenvalue weighted by molar-refractivity contribution is -0.119. The molecule has 0 aliphatic heterocycles. The fourth-order valence-electron chi connectivity index (χ4n) is 2.58. The van der Waals surface area contributed by atoms with Gasteiger partial charge in [-0.25, -0.2) is 9.97 Å². The van der Waals surface area contributed by atoms with E-state index in [1.807, 2.05) is 0 Å². The highest BCUT2D eigenvalue weighted by molar-refractivity contribution is 8.00. The summed E-state index contributed by atoms with van der Waals surface area (Å²) in [5.41, 5.74) is 6.90. The van der Waals surface area contributed by atoms with Crippen molar-refractivity contribution in [1.29, 1.82) is 0 Å². The molecular formula is C13H18N6OS. The van der Waals surface area contributed by atoms with E-state index in [9.17, 15) is 4.79 Å². The standard InChI is InChI=1S/C13H18N6OS/c14-13-18-11-10(15-7-16-11)12(19-13)21-6-9(20)17-8-4-2-1-3-5-8/h7-8H,1-6H2,(H,17,20)(H3,14,15,16,18,19). The van der Waals surface area contributed by atoms with Crippen LogP contribution in [-0.4, -0.2) is 37.6 Å². The summed E-state index contributed by atoms with van der Waals surface area (Å²) in [5.74, 6) is 0.530. The van der Waals surface area contributed by atoms with Gasteiger partial charge in [-0.15, -0.1) is 0 Å². The van der Waals surface area contributed by atoms with Crippen molar-refractivity contribution in [3.8, 4) is 0 Å². The second kappa shape index (κ2) is 6.30. The van der Waals surface area contributed by atoms with Gasteiger partial charge < -0.3 is 16.0 Å². The molecular weight excluding hydrogens is 288 g/mol. The predicted molar refractivity (Wildman–Crippen MR) is 81.8 cm³/mol. The summed E-state index contributed by atoms with van der Waals surface area (Å²) in [6.45, 7) is 0. The molecule has 2 aromatic rings. The van der Waals surface area contributed by atoms with Gasteiger partial charge in [-0.05, 0) is 12.8 Å². The number of amides is 1. The van der Waals surface area contributed by atoms with Crippen molar-refractivity contribution in [3.63, 3.8) is 0 Å². The molecule has 1 aliphatic carbocycles. The zero-order valence-electron chi connectivity index (χ0n) is 11.6. The number of thioether (sulfide) groups is 1. The van der Waals surface area contributed by atoms with Crippen LogP contribution in [0.15, 0.2) is 11.4 Å². The van der Waals surface area contributed by atoms with Crippen LogP contribution >= 0.6 is 11.8 Å². The van der Waals surface area contributed by atoms with Crippen LogP contribution in [0.3, 0.4) is 0 Å². The predicted octanol–water partition coefficient (Wildman–Crippen LogP) is 1.48. The van der Waals surface area contributed by atoms with Crippen LogP contribution in [0.2, 0.25) is 0 Å². The first-order valence-corrected chi connectivity index (χ1v) is 8.09. The molecule has 0 atom stereocenters.